The molecule has 0 aromatic heterocycles. The average molecular weight is 349 g/mol. The van der Waals surface area contributed by atoms with Crippen LogP contribution in [-0.4, -0.2) is 65.6 Å². The smallest absolute Gasteiger partial charge is 0.446 e. The van der Waals surface area contributed by atoms with Crippen LogP contribution < -0.4 is 5.32 Å². The molecule has 0 saturated carbocycles. The van der Waals surface area contributed by atoms with Crippen molar-refractivity contribution in [2.75, 3.05) is 20.2 Å². The summed E-state index contributed by atoms with van der Waals surface area (Å²) >= 11 is 0. The van der Waals surface area contributed by atoms with E-state index >= 15 is 0 Å². The molecule has 0 aromatic rings. The van der Waals surface area contributed by atoms with E-state index < -0.39 is 17.9 Å². The molecule has 0 aromatic carbocycles. The van der Waals surface area contributed by atoms with E-state index in [1.165, 1.54) is 4.58 Å². The molecule has 25 heavy (non-hydrogen) atoms. The van der Waals surface area contributed by atoms with Gasteiger partial charge in [-0.1, -0.05) is 6.92 Å². The van der Waals surface area contributed by atoms with E-state index in [1.54, 1.807) is 13.3 Å². The van der Waals surface area contributed by atoms with Gasteiger partial charge in [0.25, 0.3) is 11.7 Å². The molecule has 0 spiro atoms. The third-order valence-electron chi connectivity index (χ3n) is 4.00. The second-order valence-corrected chi connectivity index (χ2v) is 6.21. The van der Waals surface area contributed by atoms with Crippen LogP contribution in [0.1, 0.15) is 34.1 Å². The van der Waals surface area contributed by atoms with E-state index in [0.29, 0.717) is 24.6 Å². The number of amides is 4. The van der Waals surface area contributed by atoms with Crippen LogP contribution in [0.4, 0.5) is 4.79 Å². The Balaban J connectivity index is 2.41. The van der Waals surface area contributed by atoms with Gasteiger partial charge in [-0.05, 0) is 27.2 Å². The van der Waals surface area contributed by atoms with Gasteiger partial charge < -0.3 is 10.1 Å². The minimum absolute atomic E-state index is 0.0767. The number of nitrogens with zero attached hydrogens (tertiary/aromatic N) is 3. The molecule has 2 aliphatic rings. The molecule has 136 valence electrons. The summed E-state index contributed by atoms with van der Waals surface area (Å²) in [7, 11) is 1.54. The van der Waals surface area contributed by atoms with Crippen molar-refractivity contribution in [1.82, 2.24) is 10.2 Å². The molecule has 4 amide bonds. The fourth-order valence-electron chi connectivity index (χ4n) is 2.87. The second kappa shape index (κ2) is 7.58. The maximum atomic E-state index is 13.0. The summed E-state index contributed by atoms with van der Waals surface area (Å²) in [6.07, 6.45) is 2.29. The summed E-state index contributed by atoms with van der Waals surface area (Å²) in [6, 6.07) is -0.643. The predicted molar refractivity (Wildman–Crippen MR) is 92.5 cm³/mol. The summed E-state index contributed by atoms with van der Waals surface area (Å²) in [4.78, 5) is 42.8. The number of aliphatic imine (C=N–C) groups is 1. The normalized spacial score (nSPS) is 20.4. The summed E-state index contributed by atoms with van der Waals surface area (Å²) in [5, 5.41) is 2.69. The number of ether oxygens (including phenoxy) is 1. The second-order valence-electron chi connectivity index (χ2n) is 6.21. The van der Waals surface area contributed by atoms with Crippen molar-refractivity contribution in [3.8, 4) is 0 Å². The number of hydrogen-bond donors (Lipinski definition) is 1. The Labute approximate surface area is 147 Å². The number of hydrogen-bond acceptors (Lipinski definition) is 5. The lowest BCUT2D eigenvalue weighted by atomic mass is 9.94. The van der Waals surface area contributed by atoms with E-state index in [0.717, 1.165) is 10.5 Å². The average Bonchev–Trinajstić information content (AvgIpc) is 2.56. The number of rotatable bonds is 6. The highest BCUT2D eigenvalue weighted by Crippen LogP contribution is 2.29. The van der Waals surface area contributed by atoms with Gasteiger partial charge in [0, 0.05) is 11.6 Å². The molecule has 0 saturated heterocycles. The number of imide groups is 1. The third kappa shape index (κ3) is 3.62. The summed E-state index contributed by atoms with van der Waals surface area (Å²) < 4.78 is 7.01. The SMILES string of the molecule is CCOC1=C(CC)C=NC2=[N+](C)C(=O)N(CC(=O)NC(C)C)C(=O)C12. The van der Waals surface area contributed by atoms with E-state index in [2.05, 4.69) is 10.3 Å². The van der Waals surface area contributed by atoms with Gasteiger partial charge in [0.15, 0.2) is 12.5 Å². The van der Waals surface area contributed by atoms with Crippen LogP contribution in [0.3, 0.4) is 0 Å². The van der Waals surface area contributed by atoms with Crippen LogP contribution in [0.25, 0.3) is 0 Å². The number of amidine groups is 1. The first-order valence-corrected chi connectivity index (χ1v) is 8.46. The van der Waals surface area contributed by atoms with Gasteiger partial charge in [-0.2, -0.15) is 9.48 Å². The van der Waals surface area contributed by atoms with Crippen molar-refractivity contribution in [2.45, 2.75) is 40.2 Å². The Morgan fingerprint density at radius 3 is 2.64 bits per heavy atom. The van der Waals surface area contributed by atoms with Crippen molar-refractivity contribution in [3.05, 3.63) is 11.3 Å². The molecule has 2 aliphatic heterocycles. The maximum Gasteiger partial charge on any atom is 0.446 e. The molecule has 0 aliphatic carbocycles. The topological polar surface area (TPSA) is 91.1 Å². The van der Waals surface area contributed by atoms with Crippen molar-refractivity contribution in [2.24, 2.45) is 10.9 Å². The van der Waals surface area contributed by atoms with Gasteiger partial charge in [-0.25, -0.2) is 4.79 Å². The zero-order valence-electron chi connectivity index (χ0n) is 15.3. The van der Waals surface area contributed by atoms with E-state index in [-0.39, 0.29) is 18.5 Å². The summed E-state index contributed by atoms with van der Waals surface area (Å²) in [6.45, 7) is 7.48. The lowest BCUT2D eigenvalue weighted by Crippen LogP contribution is -2.57. The molecule has 1 atom stereocenters. The summed E-state index contributed by atoms with van der Waals surface area (Å²) in [5.41, 5.74) is 0.818. The van der Waals surface area contributed by atoms with E-state index in [9.17, 15) is 14.4 Å². The number of nitrogens with one attached hydrogen (secondary N) is 1. The molecule has 0 bridgehead atoms. The highest BCUT2D eigenvalue weighted by atomic mass is 16.5. The number of allylic oxidation sites excluding steroid dienone is 1. The van der Waals surface area contributed by atoms with Crippen LogP contribution in [-0.2, 0) is 14.3 Å². The molecule has 2 rings (SSSR count). The molecule has 2 heterocycles. The van der Waals surface area contributed by atoms with Crippen molar-refractivity contribution < 1.29 is 23.7 Å². The van der Waals surface area contributed by atoms with Crippen LogP contribution in [0.15, 0.2) is 16.3 Å². The zero-order valence-corrected chi connectivity index (χ0v) is 15.3. The number of carbonyl (C=O) groups is 3. The van der Waals surface area contributed by atoms with Crippen LogP contribution in [0.5, 0.6) is 0 Å². The Morgan fingerprint density at radius 2 is 2.08 bits per heavy atom. The molecule has 0 fully saturated rings. The number of dihydropyridines is 1. The van der Waals surface area contributed by atoms with Gasteiger partial charge >= 0.3 is 11.9 Å². The highest BCUT2D eigenvalue weighted by molar-refractivity contribution is 6.16. The van der Waals surface area contributed by atoms with Gasteiger partial charge in [-0.15, -0.1) is 4.99 Å². The zero-order chi connectivity index (χ0) is 18.7. The van der Waals surface area contributed by atoms with Crippen molar-refractivity contribution in [3.63, 3.8) is 0 Å². The number of urea groups is 1. The first-order valence-electron chi connectivity index (χ1n) is 8.46. The first-order chi connectivity index (χ1) is 11.8. The van der Waals surface area contributed by atoms with E-state index in [4.69, 9.17) is 4.74 Å². The minimum Gasteiger partial charge on any atom is -0.496 e. The first kappa shape index (κ1) is 18.8. The lowest BCUT2D eigenvalue weighted by molar-refractivity contribution is -0.408. The fourth-order valence-corrected chi connectivity index (χ4v) is 2.87. The standard InChI is InChI=1S/C17H24N4O4/c1-6-11-8-18-15-13(14(11)25-7-2)16(23)21(17(24)20(15)5)9-12(22)19-10(3)4/h8,10,13H,6-7,9H2,1-5H3/p+1. The van der Waals surface area contributed by atoms with Gasteiger partial charge in [-0.3, -0.25) is 9.59 Å². The van der Waals surface area contributed by atoms with Crippen LogP contribution >= 0.6 is 0 Å². The summed E-state index contributed by atoms with van der Waals surface area (Å²) in [5.74, 6) is -0.826. The molecule has 8 nitrogen and oxygen atoms in total. The third-order valence-corrected chi connectivity index (χ3v) is 4.00. The molecule has 0 radical (unpaired) electrons. The molecule has 1 N–H and O–H groups in total. The van der Waals surface area contributed by atoms with Crippen molar-refractivity contribution in [1.29, 1.82) is 0 Å². The lowest BCUT2D eigenvalue weighted by Gasteiger charge is -2.29. The Kier molecular flexibility index (Phi) is 5.71. The van der Waals surface area contributed by atoms with Crippen molar-refractivity contribution >= 4 is 29.9 Å². The Morgan fingerprint density at radius 1 is 1.40 bits per heavy atom. The van der Waals surface area contributed by atoms with Gasteiger partial charge in [0.1, 0.15) is 12.0 Å². The Hall–Kier alpha value is -2.51. The van der Waals surface area contributed by atoms with Crippen LogP contribution in [0, 0.1) is 5.92 Å². The molecule has 8 heteroatoms. The fraction of sp³-hybridized carbons (Fsp3) is 0.588. The quantitative estimate of drug-likeness (QED) is 0.722. The highest BCUT2D eigenvalue weighted by Gasteiger charge is 2.51. The van der Waals surface area contributed by atoms with E-state index in [1.807, 2.05) is 27.7 Å². The molecular weight excluding hydrogens is 324 g/mol. The number of carbonyl (C=O) groups excluding carboxylic acids is 3. The van der Waals surface area contributed by atoms with Gasteiger partial charge in [0.05, 0.1) is 13.7 Å². The van der Waals surface area contributed by atoms with Gasteiger partial charge in [0.2, 0.25) is 0 Å². The molecule has 1 unspecified atom stereocenters. The largest absolute Gasteiger partial charge is 0.496 e. The minimum atomic E-state index is -0.797. The number of fused-ring (bicyclic) bond motifs is 1. The predicted octanol–water partition coefficient (Wildman–Crippen LogP) is 0.915. The Bertz CT molecular complexity index is 691. The van der Waals surface area contributed by atoms with Crippen LogP contribution in [0.2, 0.25) is 0 Å². The monoisotopic (exact) mass is 349 g/mol. The molecular formula is C17H25N4O4+. The maximum absolute atomic E-state index is 13.0.